The molecule has 14 heavy (non-hydrogen) atoms. The van der Waals surface area contributed by atoms with E-state index >= 15 is 0 Å². The first-order valence-electron chi connectivity index (χ1n) is 4.49. The van der Waals surface area contributed by atoms with Crippen molar-refractivity contribution in [2.24, 2.45) is 0 Å². The second-order valence-electron chi connectivity index (χ2n) is 3.22. The Hall–Kier alpha value is -1.28. The van der Waals surface area contributed by atoms with Crippen LogP contribution in [-0.4, -0.2) is 4.98 Å². The molecule has 1 N–H and O–H groups in total. The molecule has 0 spiro atoms. The molecular formula is C11H10ClNO. The van der Waals surface area contributed by atoms with Gasteiger partial charge in [-0.2, -0.15) is 0 Å². The first kappa shape index (κ1) is 9.28. The first-order valence-corrected chi connectivity index (χ1v) is 4.87. The number of hydrogen-bond donors (Lipinski definition) is 1. The van der Waals surface area contributed by atoms with Crippen molar-refractivity contribution in [3.8, 4) is 0 Å². The highest BCUT2D eigenvalue weighted by molar-refractivity contribution is 6.31. The topological polar surface area (TPSA) is 32.9 Å². The van der Waals surface area contributed by atoms with Gasteiger partial charge in [-0.25, -0.2) is 0 Å². The van der Waals surface area contributed by atoms with Gasteiger partial charge in [-0.15, -0.1) is 0 Å². The van der Waals surface area contributed by atoms with Gasteiger partial charge in [-0.3, -0.25) is 4.79 Å². The zero-order chi connectivity index (χ0) is 9.97. The minimum Gasteiger partial charge on any atom is -0.329 e. The Morgan fingerprint density at radius 3 is 2.93 bits per heavy atom. The highest BCUT2D eigenvalue weighted by Crippen LogP contribution is 2.26. The number of hydrogen-bond acceptors (Lipinski definition) is 1. The number of H-pyrrole nitrogens is 1. The van der Waals surface area contributed by atoms with Crippen LogP contribution in [0.5, 0.6) is 0 Å². The molecule has 0 bridgehead atoms. The SMILES string of the molecule is O=c1[nH]ccc(Cl)c1C1C=CC=CC1. The molecule has 0 aliphatic heterocycles. The molecule has 1 heterocycles. The molecule has 0 aromatic carbocycles. The lowest BCUT2D eigenvalue weighted by molar-refractivity contribution is 0.834. The van der Waals surface area contributed by atoms with Crippen LogP contribution >= 0.6 is 11.6 Å². The molecule has 72 valence electrons. The van der Waals surface area contributed by atoms with Gasteiger partial charge in [0.15, 0.2) is 0 Å². The third-order valence-corrected chi connectivity index (χ3v) is 2.63. The fourth-order valence-corrected chi connectivity index (χ4v) is 1.90. The number of pyridine rings is 1. The van der Waals surface area contributed by atoms with Gasteiger partial charge < -0.3 is 4.98 Å². The highest BCUT2D eigenvalue weighted by atomic mass is 35.5. The molecule has 1 aliphatic rings. The molecule has 0 fully saturated rings. The lowest BCUT2D eigenvalue weighted by Gasteiger charge is -2.13. The smallest absolute Gasteiger partial charge is 0.253 e. The lowest BCUT2D eigenvalue weighted by Crippen LogP contribution is -2.15. The molecule has 2 nitrogen and oxygen atoms in total. The van der Waals surface area contributed by atoms with Crippen molar-refractivity contribution < 1.29 is 0 Å². The fraction of sp³-hybridized carbons (Fsp3) is 0.182. The maximum atomic E-state index is 11.5. The van der Waals surface area contributed by atoms with E-state index in [2.05, 4.69) is 4.98 Å². The molecule has 1 atom stereocenters. The summed E-state index contributed by atoms with van der Waals surface area (Å²) in [5.74, 6) is 0.109. The van der Waals surface area contributed by atoms with Gasteiger partial charge in [0.05, 0.1) is 5.02 Å². The Kier molecular flexibility index (Phi) is 2.55. The molecule has 0 saturated carbocycles. The van der Waals surface area contributed by atoms with E-state index in [1.165, 1.54) is 0 Å². The predicted octanol–water partition coefficient (Wildman–Crippen LogP) is 2.63. The second kappa shape index (κ2) is 3.84. The lowest BCUT2D eigenvalue weighted by atomic mass is 9.94. The van der Waals surface area contributed by atoms with E-state index in [0.717, 1.165) is 6.42 Å². The Morgan fingerprint density at radius 2 is 2.29 bits per heavy atom. The Bertz CT molecular complexity index is 445. The molecule has 1 aliphatic carbocycles. The van der Waals surface area contributed by atoms with Crippen LogP contribution < -0.4 is 5.56 Å². The summed E-state index contributed by atoms with van der Waals surface area (Å²) in [5.41, 5.74) is 0.567. The minimum absolute atomic E-state index is 0.0950. The monoisotopic (exact) mass is 207 g/mol. The Labute approximate surface area is 86.9 Å². The van der Waals surface area contributed by atoms with Gasteiger partial charge in [0.25, 0.3) is 5.56 Å². The summed E-state index contributed by atoms with van der Waals surface area (Å²) in [6, 6.07) is 1.71. The summed E-state index contributed by atoms with van der Waals surface area (Å²) in [7, 11) is 0. The van der Waals surface area contributed by atoms with Crippen LogP contribution in [0.2, 0.25) is 5.02 Å². The minimum atomic E-state index is -0.0950. The van der Waals surface area contributed by atoms with Gasteiger partial charge in [0, 0.05) is 17.7 Å². The van der Waals surface area contributed by atoms with E-state index in [1.807, 2.05) is 24.3 Å². The third kappa shape index (κ3) is 1.66. The average Bonchev–Trinajstić information content (AvgIpc) is 2.19. The molecule has 1 aromatic rings. The van der Waals surface area contributed by atoms with Crippen LogP contribution in [0.1, 0.15) is 17.9 Å². The largest absolute Gasteiger partial charge is 0.329 e. The van der Waals surface area contributed by atoms with E-state index in [-0.39, 0.29) is 11.5 Å². The van der Waals surface area contributed by atoms with Crippen LogP contribution in [0.4, 0.5) is 0 Å². The van der Waals surface area contributed by atoms with Crippen LogP contribution in [0.3, 0.4) is 0 Å². The number of aromatic nitrogens is 1. The van der Waals surface area contributed by atoms with E-state index in [9.17, 15) is 4.79 Å². The summed E-state index contributed by atoms with van der Waals surface area (Å²) in [6.45, 7) is 0. The summed E-state index contributed by atoms with van der Waals surface area (Å²) < 4.78 is 0. The standard InChI is InChI=1S/C11H10ClNO/c12-9-6-7-13-11(14)10(9)8-4-2-1-3-5-8/h1-4,6-8H,5H2,(H,13,14). The van der Waals surface area contributed by atoms with Crippen molar-refractivity contribution >= 4 is 11.6 Å². The molecule has 1 aromatic heterocycles. The van der Waals surface area contributed by atoms with E-state index in [1.54, 1.807) is 12.3 Å². The molecule has 3 heteroatoms. The molecule has 0 saturated heterocycles. The van der Waals surface area contributed by atoms with Crippen LogP contribution in [0, 0.1) is 0 Å². The maximum Gasteiger partial charge on any atom is 0.253 e. The fourth-order valence-electron chi connectivity index (χ4n) is 1.61. The summed E-state index contributed by atoms with van der Waals surface area (Å²) in [6.07, 6.45) is 10.3. The number of aromatic amines is 1. The quantitative estimate of drug-likeness (QED) is 0.755. The summed E-state index contributed by atoms with van der Waals surface area (Å²) in [4.78, 5) is 14.2. The number of allylic oxidation sites excluding steroid dienone is 4. The van der Waals surface area contributed by atoms with Crippen molar-refractivity contribution in [3.63, 3.8) is 0 Å². The number of halogens is 1. The zero-order valence-electron chi connectivity index (χ0n) is 7.53. The van der Waals surface area contributed by atoms with E-state index in [4.69, 9.17) is 11.6 Å². The molecule has 0 amide bonds. The summed E-state index contributed by atoms with van der Waals surface area (Å²) >= 11 is 5.98. The molecule has 2 rings (SSSR count). The van der Waals surface area contributed by atoms with Gasteiger partial charge in [0.2, 0.25) is 0 Å². The van der Waals surface area contributed by atoms with Crippen molar-refractivity contribution in [1.82, 2.24) is 4.98 Å². The maximum absolute atomic E-state index is 11.5. The van der Waals surface area contributed by atoms with E-state index in [0.29, 0.717) is 10.6 Å². The van der Waals surface area contributed by atoms with Crippen LogP contribution in [-0.2, 0) is 0 Å². The van der Waals surface area contributed by atoms with Gasteiger partial charge >= 0.3 is 0 Å². The van der Waals surface area contributed by atoms with Crippen molar-refractivity contribution in [2.75, 3.05) is 0 Å². The predicted molar refractivity (Wildman–Crippen MR) is 57.7 cm³/mol. The van der Waals surface area contributed by atoms with Crippen molar-refractivity contribution in [3.05, 3.63) is 57.5 Å². The third-order valence-electron chi connectivity index (χ3n) is 2.30. The molecule has 0 radical (unpaired) electrons. The number of nitrogens with one attached hydrogen (secondary N) is 1. The van der Waals surface area contributed by atoms with Crippen molar-refractivity contribution in [2.45, 2.75) is 12.3 Å². The first-order chi connectivity index (χ1) is 6.79. The highest BCUT2D eigenvalue weighted by Gasteiger charge is 2.15. The average molecular weight is 208 g/mol. The molecular weight excluding hydrogens is 198 g/mol. The number of rotatable bonds is 1. The van der Waals surface area contributed by atoms with Crippen molar-refractivity contribution in [1.29, 1.82) is 0 Å². The van der Waals surface area contributed by atoms with Gasteiger partial charge in [-0.05, 0) is 12.5 Å². The normalized spacial score (nSPS) is 19.9. The summed E-state index contributed by atoms with van der Waals surface area (Å²) in [5, 5.41) is 0.540. The Balaban J connectivity index is 2.46. The van der Waals surface area contributed by atoms with Crippen LogP contribution in [0.15, 0.2) is 41.4 Å². The Morgan fingerprint density at radius 1 is 1.43 bits per heavy atom. The van der Waals surface area contributed by atoms with Gasteiger partial charge in [0.1, 0.15) is 0 Å². The zero-order valence-corrected chi connectivity index (χ0v) is 8.29. The van der Waals surface area contributed by atoms with Crippen LogP contribution in [0.25, 0.3) is 0 Å². The second-order valence-corrected chi connectivity index (χ2v) is 3.63. The molecule has 1 unspecified atom stereocenters. The van der Waals surface area contributed by atoms with Gasteiger partial charge in [-0.1, -0.05) is 35.9 Å². The van der Waals surface area contributed by atoms with E-state index < -0.39 is 0 Å².